The van der Waals surface area contributed by atoms with Crippen molar-refractivity contribution < 1.29 is 19.0 Å². The highest BCUT2D eigenvalue weighted by molar-refractivity contribution is 5.83. The van der Waals surface area contributed by atoms with Crippen LogP contribution in [0.2, 0.25) is 0 Å². The van der Waals surface area contributed by atoms with Crippen LogP contribution in [-0.2, 0) is 19.0 Å². The van der Waals surface area contributed by atoms with Crippen molar-refractivity contribution in [3.8, 4) is 0 Å². The first-order valence-electron chi connectivity index (χ1n) is 4.58. The average molecular weight is 186 g/mol. The minimum Gasteiger partial charge on any atom is -0.374 e. The van der Waals surface area contributed by atoms with Gasteiger partial charge in [-0.3, -0.25) is 4.79 Å². The molecule has 0 spiro atoms. The van der Waals surface area contributed by atoms with Gasteiger partial charge in [0.05, 0.1) is 24.7 Å². The Kier molecular flexibility index (Phi) is 2.62. The van der Waals surface area contributed by atoms with Gasteiger partial charge in [-0.25, -0.2) is 0 Å². The lowest BCUT2D eigenvalue weighted by atomic mass is 9.80. The lowest BCUT2D eigenvalue weighted by molar-refractivity contribution is -0.215. The van der Waals surface area contributed by atoms with Crippen LogP contribution in [0.1, 0.15) is 12.8 Å². The Labute approximate surface area is 77.1 Å². The van der Waals surface area contributed by atoms with Crippen LogP contribution in [0.5, 0.6) is 0 Å². The van der Waals surface area contributed by atoms with Crippen LogP contribution < -0.4 is 0 Å². The van der Waals surface area contributed by atoms with Crippen LogP contribution in [0, 0.1) is 5.92 Å². The standard InChI is InChI=1S/C9H14O4/c1-11-5-13-8-3-2-7(10)6-4-12-9(6)8/h6,8-9H,2-5H2,1H3/t6-,8-,9-/m1/s1. The number of carbonyl (C=O) groups excluding carboxylic acids is 1. The molecule has 0 N–H and O–H groups in total. The highest BCUT2D eigenvalue weighted by Crippen LogP contribution is 2.33. The Morgan fingerprint density at radius 2 is 2.46 bits per heavy atom. The molecular weight excluding hydrogens is 172 g/mol. The number of ether oxygens (including phenoxy) is 3. The minimum atomic E-state index is -0.00333. The molecular formula is C9H14O4. The zero-order valence-electron chi connectivity index (χ0n) is 7.69. The van der Waals surface area contributed by atoms with Crippen LogP contribution in [0.3, 0.4) is 0 Å². The van der Waals surface area contributed by atoms with Gasteiger partial charge in [0.2, 0.25) is 0 Å². The molecule has 74 valence electrons. The van der Waals surface area contributed by atoms with Crippen molar-refractivity contribution in [3.63, 3.8) is 0 Å². The van der Waals surface area contributed by atoms with Gasteiger partial charge in [0, 0.05) is 13.5 Å². The van der Waals surface area contributed by atoms with E-state index in [-0.39, 0.29) is 24.9 Å². The van der Waals surface area contributed by atoms with Crippen LogP contribution >= 0.6 is 0 Å². The summed E-state index contributed by atoms with van der Waals surface area (Å²) >= 11 is 0. The van der Waals surface area contributed by atoms with Crippen LogP contribution in [0.15, 0.2) is 0 Å². The molecule has 2 rings (SSSR count). The molecule has 1 saturated heterocycles. The molecule has 0 aromatic carbocycles. The first kappa shape index (κ1) is 9.12. The smallest absolute Gasteiger partial charge is 0.146 e. The second-order valence-corrected chi connectivity index (χ2v) is 3.52. The summed E-state index contributed by atoms with van der Waals surface area (Å²) in [6.45, 7) is 0.863. The van der Waals surface area contributed by atoms with Crippen molar-refractivity contribution >= 4 is 5.78 Å². The quantitative estimate of drug-likeness (QED) is 0.597. The molecule has 1 saturated carbocycles. The van der Waals surface area contributed by atoms with Gasteiger partial charge in [-0.2, -0.15) is 0 Å². The third-order valence-electron chi connectivity index (χ3n) is 2.72. The Bertz CT molecular complexity index is 204. The molecule has 3 atom stereocenters. The number of ketones is 1. The fourth-order valence-electron chi connectivity index (χ4n) is 1.91. The SMILES string of the molecule is COCO[C@@H]1CCC(=O)[C@H]2CO[C@H]21. The number of Topliss-reactive ketones (excluding diaryl/α,β-unsaturated/α-hetero) is 1. The fraction of sp³-hybridized carbons (Fsp3) is 0.889. The topological polar surface area (TPSA) is 44.8 Å². The number of fused-ring (bicyclic) bond motifs is 1. The third-order valence-corrected chi connectivity index (χ3v) is 2.72. The van der Waals surface area contributed by atoms with Crippen molar-refractivity contribution in [1.82, 2.24) is 0 Å². The maximum Gasteiger partial charge on any atom is 0.146 e. The molecule has 0 radical (unpaired) electrons. The van der Waals surface area contributed by atoms with E-state index in [4.69, 9.17) is 14.2 Å². The fourth-order valence-corrected chi connectivity index (χ4v) is 1.91. The monoisotopic (exact) mass is 186 g/mol. The molecule has 2 aliphatic rings. The lowest BCUT2D eigenvalue weighted by Gasteiger charge is -2.43. The van der Waals surface area contributed by atoms with Crippen LogP contribution in [-0.4, -0.2) is 38.5 Å². The van der Waals surface area contributed by atoms with Gasteiger partial charge < -0.3 is 14.2 Å². The van der Waals surface area contributed by atoms with Crippen molar-refractivity contribution in [3.05, 3.63) is 0 Å². The molecule has 1 aliphatic carbocycles. The normalized spacial score (nSPS) is 38.2. The summed E-state index contributed by atoms with van der Waals surface area (Å²) in [7, 11) is 1.59. The highest BCUT2D eigenvalue weighted by atomic mass is 16.7. The first-order valence-corrected chi connectivity index (χ1v) is 4.58. The van der Waals surface area contributed by atoms with Gasteiger partial charge in [0.1, 0.15) is 12.6 Å². The predicted molar refractivity (Wildman–Crippen MR) is 44.2 cm³/mol. The Morgan fingerprint density at radius 3 is 3.08 bits per heavy atom. The van der Waals surface area contributed by atoms with Crippen molar-refractivity contribution in [2.75, 3.05) is 20.5 Å². The van der Waals surface area contributed by atoms with Gasteiger partial charge in [-0.1, -0.05) is 0 Å². The summed E-state index contributed by atoms with van der Waals surface area (Å²) in [6, 6.07) is 0. The molecule has 1 aliphatic heterocycles. The number of carbonyl (C=O) groups is 1. The molecule has 0 amide bonds. The van der Waals surface area contributed by atoms with Gasteiger partial charge in [-0.05, 0) is 6.42 Å². The average Bonchev–Trinajstić information content (AvgIpc) is 2.05. The Balaban J connectivity index is 1.88. The summed E-state index contributed by atoms with van der Waals surface area (Å²) in [4.78, 5) is 11.3. The predicted octanol–water partition coefficient (Wildman–Crippen LogP) is 0.353. The second-order valence-electron chi connectivity index (χ2n) is 3.52. The van der Waals surface area contributed by atoms with E-state index >= 15 is 0 Å². The molecule has 1 heterocycles. The largest absolute Gasteiger partial charge is 0.374 e. The van der Waals surface area contributed by atoms with E-state index in [2.05, 4.69) is 0 Å². The summed E-state index contributed by atoms with van der Waals surface area (Å²) in [5.41, 5.74) is 0. The van der Waals surface area contributed by atoms with E-state index in [1.807, 2.05) is 0 Å². The first-order chi connectivity index (χ1) is 6.33. The summed E-state index contributed by atoms with van der Waals surface area (Å²) in [6.07, 6.45) is 1.44. The maximum atomic E-state index is 11.3. The van der Waals surface area contributed by atoms with E-state index in [0.29, 0.717) is 18.8 Å². The number of hydrogen-bond donors (Lipinski definition) is 0. The molecule has 0 bridgehead atoms. The summed E-state index contributed by atoms with van der Waals surface area (Å²) in [5, 5.41) is 0. The zero-order valence-corrected chi connectivity index (χ0v) is 7.69. The van der Waals surface area contributed by atoms with E-state index in [9.17, 15) is 4.79 Å². The van der Waals surface area contributed by atoms with E-state index in [1.165, 1.54) is 0 Å². The Hall–Kier alpha value is -0.450. The van der Waals surface area contributed by atoms with Gasteiger partial charge >= 0.3 is 0 Å². The molecule has 0 aromatic rings. The molecule has 4 heteroatoms. The number of methoxy groups -OCH3 is 1. The molecule has 0 unspecified atom stereocenters. The summed E-state index contributed by atoms with van der Waals surface area (Å²) in [5.74, 6) is 0.420. The van der Waals surface area contributed by atoms with E-state index in [1.54, 1.807) is 7.11 Å². The maximum absolute atomic E-state index is 11.3. The summed E-state index contributed by atoms with van der Waals surface area (Å²) < 4.78 is 15.5. The Morgan fingerprint density at radius 1 is 1.62 bits per heavy atom. The van der Waals surface area contributed by atoms with Gasteiger partial charge in [-0.15, -0.1) is 0 Å². The minimum absolute atomic E-state index is 0.00333. The highest BCUT2D eigenvalue weighted by Gasteiger charge is 2.46. The number of hydrogen-bond acceptors (Lipinski definition) is 4. The molecule has 0 aromatic heterocycles. The number of rotatable bonds is 3. The van der Waals surface area contributed by atoms with E-state index < -0.39 is 0 Å². The second kappa shape index (κ2) is 3.74. The van der Waals surface area contributed by atoms with Gasteiger partial charge in [0.25, 0.3) is 0 Å². The van der Waals surface area contributed by atoms with Crippen molar-refractivity contribution in [2.24, 2.45) is 5.92 Å². The molecule has 13 heavy (non-hydrogen) atoms. The lowest BCUT2D eigenvalue weighted by Crippen LogP contribution is -2.55. The third kappa shape index (κ3) is 1.61. The van der Waals surface area contributed by atoms with Crippen molar-refractivity contribution in [1.29, 1.82) is 0 Å². The molecule has 2 fully saturated rings. The van der Waals surface area contributed by atoms with Crippen molar-refractivity contribution in [2.45, 2.75) is 25.0 Å². The van der Waals surface area contributed by atoms with E-state index in [0.717, 1.165) is 6.42 Å². The van der Waals surface area contributed by atoms with Crippen LogP contribution in [0.4, 0.5) is 0 Å². The zero-order chi connectivity index (χ0) is 9.26. The molecule has 4 nitrogen and oxygen atoms in total. The van der Waals surface area contributed by atoms with Gasteiger partial charge in [0.15, 0.2) is 0 Å². The van der Waals surface area contributed by atoms with Crippen LogP contribution in [0.25, 0.3) is 0 Å².